The van der Waals surface area contributed by atoms with Gasteiger partial charge < -0.3 is 15.7 Å². The van der Waals surface area contributed by atoms with Gasteiger partial charge in [-0.15, -0.1) is 0 Å². The third-order valence-corrected chi connectivity index (χ3v) is 3.05. The third kappa shape index (κ3) is 2.13. The largest absolute Gasteiger partial charge is 0.480 e. The summed E-state index contributed by atoms with van der Waals surface area (Å²) in [5.41, 5.74) is 5.40. The first-order chi connectivity index (χ1) is 8.50. The molecule has 1 aromatic rings. The fraction of sp³-hybridized carbons (Fsp3) is 0.333. The van der Waals surface area contributed by atoms with Crippen molar-refractivity contribution in [1.82, 2.24) is 4.90 Å². The first-order valence-electron chi connectivity index (χ1n) is 5.59. The highest BCUT2D eigenvalue weighted by atomic mass is 19.1. The van der Waals surface area contributed by atoms with E-state index < -0.39 is 23.7 Å². The molecule has 0 aromatic heterocycles. The molecule has 0 bridgehead atoms. The highest BCUT2D eigenvalue weighted by molar-refractivity contribution is 5.97. The fourth-order valence-corrected chi connectivity index (χ4v) is 2.09. The van der Waals surface area contributed by atoms with Crippen molar-refractivity contribution in [3.8, 4) is 0 Å². The molecule has 1 saturated heterocycles. The van der Waals surface area contributed by atoms with Crippen LogP contribution in [-0.4, -0.2) is 34.5 Å². The van der Waals surface area contributed by atoms with E-state index >= 15 is 0 Å². The zero-order valence-corrected chi connectivity index (χ0v) is 9.60. The molecule has 1 aromatic carbocycles. The Balaban J connectivity index is 2.25. The first kappa shape index (κ1) is 12.3. The Kier molecular flexibility index (Phi) is 3.18. The van der Waals surface area contributed by atoms with E-state index in [1.165, 1.54) is 17.0 Å². The smallest absolute Gasteiger partial charge is 0.326 e. The number of nitrogen functional groups attached to an aromatic ring is 1. The summed E-state index contributed by atoms with van der Waals surface area (Å²) >= 11 is 0. The molecular formula is C12H13FN2O3. The lowest BCUT2D eigenvalue weighted by Crippen LogP contribution is -2.40. The summed E-state index contributed by atoms with van der Waals surface area (Å²) in [7, 11) is 0. The van der Waals surface area contributed by atoms with Gasteiger partial charge in [0.05, 0.1) is 5.69 Å². The van der Waals surface area contributed by atoms with Gasteiger partial charge in [-0.05, 0) is 31.0 Å². The van der Waals surface area contributed by atoms with Gasteiger partial charge in [0.2, 0.25) is 0 Å². The molecule has 5 nitrogen and oxygen atoms in total. The summed E-state index contributed by atoms with van der Waals surface area (Å²) in [6.45, 7) is 0.377. The molecule has 3 N–H and O–H groups in total. The summed E-state index contributed by atoms with van der Waals surface area (Å²) in [5, 5.41) is 8.99. The van der Waals surface area contributed by atoms with Crippen molar-refractivity contribution >= 4 is 17.6 Å². The van der Waals surface area contributed by atoms with Gasteiger partial charge in [0.25, 0.3) is 5.91 Å². The number of carboxylic acids is 1. The lowest BCUT2D eigenvalue weighted by Gasteiger charge is -2.21. The van der Waals surface area contributed by atoms with Crippen molar-refractivity contribution in [3.05, 3.63) is 29.6 Å². The highest BCUT2D eigenvalue weighted by Crippen LogP contribution is 2.21. The van der Waals surface area contributed by atoms with Crippen molar-refractivity contribution < 1.29 is 19.1 Å². The van der Waals surface area contributed by atoms with Crippen LogP contribution in [0, 0.1) is 5.82 Å². The number of carbonyl (C=O) groups excluding carboxylic acids is 1. The van der Waals surface area contributed by atoms with Gasteiger partial charge in [-0.25, -0.2) is 9.18 Å². The molecule has 1 heterocycles. The molecule has 0 spiro atoms. The zero-order chi connectivity index (χ0) is 13.3. The Hall–Kier alpha value is -2.11. The van der Waals surface area contributed by atoms with Gasteiger partial charge in [0.15, 0.2) is 0 Å². The first-order valence-corrected chi connectivity index (χ1v) is 5.59. The maximum Gasteiger partial charge on any atom is 0.326 e. The number of aliphatic carboxylic acids is 1. The minimum absolute atomic E-state index is 0.0391. The number of rotatable bonds is 2. The van der Waals surface area contributed by atoms with Gasteiger partial charge in [0, 0.05) is 12.1 Å². The summed E-state index contributed by atoms with van der Waals surface area (Å²) < 4.78 is 13.3. The van der Waals surface area contributed by atoms with Crippen LogP contribution in [0.1, 0.15) is 23.2 Å². The lowest BCUT2D eigenvalue weighted by atomic mass is 10.1. The third-order valence-electron chi connectivity index (χ3n) is 3.05. The van der Waals surface area contributed by atoms with Gasteiger partial charge >= 0.3 is 5.97 Å². The maximum atomic E-state index is 13.3. The van der Waals surface area contributed by atoms with Crippen LogP contribution in [0.4, 0.5) is 10.1 Å². The molecule has 1 aliphatic rings. The number of hydrogen-bond donors (Lipinski definition) is 2. The average Bonchev–Trinajstić information content (AvgIpc) is 2.81. The zero-order valence-electron chi connectivity index (χ0n) is 9.60. The van der Waals surface area contributed by atoms with Crippen LogP contribution in [0.25, 0.3) is 0 Å². The minimum Gasteiger partial charge on any atom is -0.480 e. The molecule has 0 radical (unpaired) electrons. The van der Waals surface area contributed by atoms with Crippen LogP contribution in [0.5, 0.6) is 0 Å². The molecule has 2 rings (SSSR count). The predicted molar refractivity (Wildman–Crippen MR) is 62.5 cm³/mol. The van der Waals surface area contributed by atoms with Gasteiger partial charge in [-0.2, -0.15) is 0 Å². The Morgan fingerprint density at radius 2 is 2.17 bits per heavy atom. The molecule has 1 aliphatic heterocycles. The molecule has 0 aliphatic carbocycles. The van der Waals surface area contributed by atoms with Crippen LogP contribution in [-0.2, 0) is 4.79 Å². The molecule has 1 atom stereocenters. The number of nitrogens with zero attached hydrogens (tertiary/aromatic N) is 1. The van der Waals surface area contributed by atoms with E-state index in [4.69, 9.17) is 10.8 Å². The number of anilines is 1. The van der Waals surface area contributed by atoms with E-state index in [0.29, 0.717) is 19.4 Å². The highest BCUT2D eigenvalue weighted by Gasteiger charge is 2.34. The monoisotopic (exact) mass is 252 g/mol. The second-order valence-electron chi connectivity index (χ2n) is 4.23. The van der Waals surface area contributed by atoms with Crippen LogP contribution >= 0.6 is 0 Å². The fourth-order valence-electron chi connectivity index (χ4n) is 2.09. The number of carbonyl (C=O) groups is 2. The number of nitrogens with two attached hydrogens (primary N) is 1. The standard InChI is InChI=1S/C12H13FN2O3/c13-8-6-7(3-4-9(8)14)11(16)15-5-1-2-10(15)12(17)18/h3-4,6,10H,1-2,5,14H2,(H,17,18)/t10-/m1/s1. The topological polar surface area (TPSA) is 83.6 Å². The van der Waals surface area contributed by atoms with Crippen molar-refractivity contribution in [2.75, 3.05) is 12.3 Å². The predicted octanol–water partition coefficient (Wildman–Crippen LogP) is 1.10. The Labute approximate surface area is 103 Å². The van der Waals surface area contributed by atoms with Crippen molar-refractivity contribution in [2.24, 2.45) is 0 Å². The second-order valence-corrected chi connectivity index (χ2v) is 4.23. The average molecular weight is 252 g/mol. The Bertz CT molecular complexity index is 504. The number of benzene rings is 1. The summed E-state index contributed by atoms with van der Waals surface area (Å²) in [5.74, 6) is -2.18. The van der Waals surface area contributed by atoms with Crippen molar-refractivity contribution in [3.63, 3.8) is 0 Å². The molecule has 0 saturated carbocycles. The number of carboxylic acid groups (broad SMARTS) is 1. The number of halogens is 1. The Morgan fingerprint density at radius 1 is 1.44 bits per heavy atom. The Morgan fingerprint density at radius 3 is 2.78 bits per heavy atom. The van der Waals surface area contributed by atoms with Crippen molar-refractivity contribution in [1.29, 1.82) is 0 Å². The molecular weight excluding hydrogens is 239 g/mol. The molecule has 1 amide bonds. The molecule has 0 unspecified atom stereocenters. The van der Waals surface area contributed by atoms with E-state index in [9.17, 15) is 14.0 Å². The normalized spacial score (nSPS) is 18.9. The quantitative estimate of drug-likeness (QED) is 0.772. The van der Waals surface area contributed by atoms with Crippen LogP contribution in [0.3, 0.4) is 0 Å². The van der Waals surface area contributed by atoms with Gasteiger partial charge in [0.1, 0.15) is 11.9 Å². The van der Waals surface area contributed by atoms with E-state index in [1.54, 1.807) is 0 Å². The van der Waals surface area contributed by atoms with Crippen LogP contribution in [0.15, 0.2) is 18.2 Å². The molecule has 96 valence electrons. The number of hydrogen-bond acceptors (Lipinski definition) is 3. The van der Waals surface area contributed by atoms with Crippen LogP contribution in [0.2, 0.25) is 0 Å². The number of likely N-dealkylation sites (tertiary alicyclic amines) is 1. The van der Waals surface area contributed by atoms with E-state index in [1.807, 2.05) is 0 Å². The van der Waals surface area contributed by atoms with Crippen LogP contribution < -0.4 is 5.73 Å². The molecule has 18 heavy (non-hydrogen) atoms. The molecule has 1 fully saturated rings. The lowest BCUT2D eigenvalue weighted by molar-refractivity contribution is -0.141. The summed E-state index contributed by atoms with van der Waals surface area (Å²) in [6.07, 6.45) is 1.07. The van der Waals surface area contributed by atoms with Gasteiger partial charge in [-0.1, -0.05) is 0 Å². The number of amides is 1. The molecule has 6 heteroatoms. The van der Waals surface area contributed by atoms with E-state index in [0.717, 1.165) is 6.07 Å². The summed E-state index contributed by atoms with van der Waals surface area (Å²) in [4.78, 5) is 24.3. The minimum atomic E-state index is -1.03. The summed E-state index contributed by atoms with van der Waals surface area (Å²) in [6, 6.07) is 2.92. The SMILES string of the molecule is Nc1ccc(C(=O)N2CCC[C@@H]2C(=O)O)cc1F. The van der Waals surface area contributed by atoms with E-state index in [-0.39, 0.29) is 11.3 Å². The maximum absolute atomic E-state index is 13.3. The second kappa shape index (κ2) is 4.64. The van der Waals surface area contributed by atoms with E-state index in [2.05, 4.69) is 0 Å². The van der Waals surface area contributed by atoms with Gasteiger partial charge in [-0.3, -0.25) is 4.79 Å². The van der Waals surface area contributed by atoms with Crippen molar-refractivity contribution in [2.45, 2.75) is 18.9 Å².